The minimum atomic E-state index is -2.02. The highest BCUT2D eigenvalue weighted by Crippen LogP contribution is 2.50. The van der Waals surface area contributed by atoms with E-state index in [-0.39, 0.29) is 48.4 Å². The Kier molecular flexibility index (Phi) is 8.73. The normalized spacial score (nSPS) is 18.9. The molecule has 10 nitrogen and oxygen atoms in total. The van der Waals surface area contributed by atoms with Gasteiger partial charge in [0.2, 0.25) is 5.91 Å². The lowest BCUT2D eigenvalue weighted by molar-refractivity contribution is -0.384. The van der Waals surface area contributed by atoms with Gasteiger partial charge in [-0.1, -0.05) is 45.0 Å². The van der Waals surface area contributed by atoms with Gasteiger partial charge in [0.15, 0.2) is 14.1 Å². The number of esters is 1. The lowest BCUT2D eigenvalue weighted by Gasteiger charge is -2.48. The summed E-state index contributed by atoms with van der Waals surface area (Å²) in [6.07, 6.45) is 0.0501. The highest BCUT2D eigenvalue weighted by Gasteiger charge is 2.58. The number of aliphatic hydroxyl groups excluding tert-OH is 1. The van der Waals surface area contributed by atoms with Crippen LogP contribution in [0.25, 0.3) is 16.7 Å². The zero-order valence-corrected chi connectivity index (χ0v) is 27.9. The molecule has 0 unspecified atom stereocenters. The topological polar surface area (TPSA) is 136 Å². The molecule has 1 amide bonds. The first-order valence-corrected chi connectivity index (χ1v) is 18.7. The number of non-ortho nitro benzene ring substituents is 1. The molecule has 3 aliphatic rings. The van der Waals surface area contributed by atoms with Crippen molar-refractivity contribution >= 4 is 37.2 Å². The molecule has 3 atom stereocenters. The fourth-order valence-corrected chi connectivity index (χ4v) is 10.4. The van der Waals surface area contributed by atoms with E-state index in [9.17, 15) is 29.6 Å². The molecule has 1 aliphatic carbocycles. The Hall–Kier alpha value is -4.45. The minimum Gasteiger partial charge on any atom is -0.456 e. The summed E-state index contributed by atoms with van der Waals surface area (Å²) in [5, 5.41) is 21.4. The van der Waals surface area contributed by atoms with Crippen molar-refractivity contribution in [3.05, 3.63) is 104 Å². The molecule has 0 bridgehead atoms. The number of fused-ring (bicyclic) bond motifs is 4. The van der Waals surface area contributed by atoms with E-state index in [0.29, 0.717) is 45.4 Å². The molecule has 2 aliphatic heterocycles. The van der Waals surface area contributed by atoms with Crippen molar-refractivity contribution < 1.29 is 33.6 Å². The Labute approximate surface area is 274 Å². The monoisotopic (exact) mass is 654 g/mol. The number of amides is 1. The molecular formula is C36H38N2O8Si. The molecule has 0 spiro atoms. The van der Waals surface area contributed by atoms with Crippen LogP contribution in [0.5, 0.6) is 0 Å². The second kappa shape index (κ2) is 12.6. The lowest BCUT2D eigenvalue weighted by Crippen LogP contribution is -2.63. The van der Waals surface area contributed by atoms with Crippen molar-refractivity contribution in [2.75, 3.05) is 0 Å². The maximum absolute atomic E-state index is 13.9. The van der Waals surface area contributed by atoms with Crippen LogP contribution in [0, 0.1) is 16.0 Å². The molecule has 0 aromatic heterocycles. The summed E-state index contributed by atoms with van der Waals surface area (Å²) < 4.78 is 12.5. The van der Waals surface area contributed by atoms with E-state index < -0.39 is 25.1 Å². The van der Waals surface area contributed by atoms with Crippen LogP contribution in [0.1, 0.15) is 66.7 Å². The third kappa shape index (κ3) is 5.41. The van der Waals surface area contributed by atoms with Gasteiger partial charge in [-0.25, -0.2) is 4.79 Å². The quantitative estimate of drug-likeness (QED) is 0.0610. The van der Waals surface area contributed by atoms with Crippen molar-refractivity contribution in [1.82, 2.24) is 4.90 Å². The summed E-state index contributed by atoms with van der Waals surface area (Å²) in [5.74, 6) is -1.48. The maximum atomic E-state index is 13.9. The summed E-state index contributed by atoms with van der Waals surface area (Å²) in [4.78, 5) is 53.2. The van der Waals surface area contributed by atoms with Gasteiger partial charge >= 0.3 is 5.97 Å². The number of nitro benzene ring substituents is 1. The van der Waals surface area contributed by atoms with Crippen molar-refractivity contribution in [2.24, 2.45) is 5.92 Å². The van der Waals surface area contributed by atoms with Gasteiger partial charge in [-0.2, -0.15) is 0 Å². The summed E-state index contributed by atoms with van der Waals surface area (Å²) in [5.41, 5.74) is 4.73. The number of nitrogens with zero attached hydrogens (tertiary/aromatic N) is 2. The molecule has 11 heteroatoms. The predicted molar refractivity (Wildman–Crippen MR) is 178 cm³/mol. The summed E-state index contributed by atoms with van der Waals surface area (Å²) in [7, 11) is -2.02. The van der Waals surface area contributed by atoms with Crippen LogP contribution >= 0.6 is 0 Å². The third-order valence-corrected chi connectivity index (χ3v) is 15.0. The Morgan fingerprint density at radius 2 is 1.68 bits per heavy atom. The molecule has 47 heavy (non-hydrogen) atoms. The molecule has 0 saturated carbocycles. The standard InChI is InChI=1S/C36H38N2O8Si/c1-5-47(6-2,7-3)46-21(4)31-30-18-28(23-16-24(19-39)32-29(17-23)26-10-8-9-11-27(26)34(32)40)33(37(30)35(31)41)36(42)45-20-22-12-14-25(15-13-22)38(43)44/h8-17,21,30-31,39H,5-7,18-20H2,1-4H3/t21-,30-,31-/m1/s1. The average Bonchev–Trinajstić information content (AvgIpc) is 3.58. The number of ketones is 1. The number of ether oxygens (including phenoxy) is 1. The molecular weight excluding hydrogens is 616 g/mol. The molecule has 6 rings (SSSR count). The van der Waals surface area contributed by atoms with E-state index in [1.807, 2.05) is 25.1 Å². The number of nitro groups is 1. The van der Waals surface area contributed by atoms with Crippen LogP contribution in [0.3, 0.4) is 0 Å². The second-order valence-corrected chi connectivity index (χ2v) is 17.2. The maximum Gasteiger partial charge on any atom is 0.355 e. The second-order valence-electron chi connectivity index (χ2n) is 12.5. The number of benzene rings is 3. The number of β-lactam (4-membered cyclic amide) rings is 1. The van der Waals surface area contributed by atoms with Gasteiger partial charge in [-0.3, -0.25) is 19.7 Å². The molecule has 2 heterocycles. The lowest BCUT2D eigenvalue weighted by atomic mass is 9.82. The van der Waals surface area contributed by atoms with Gasteiger partial charge in [0.25, 0.3) is 5.69 Å². The highest BCUT2D eigenvalue weighted by atomic mass is 28.4. The van der Waals surface area contributed by atoms with Crippen LogP contribution in [0.15, 0.2) is 66.4 Å². The Balaban J connectivity index is 1.38. The third-order valence-electron chi connectivity index (χ3n) is 10.2. The SMILES string of the molecule is CC[Si](CC)(CC)O[C@H](C)[C@H]1C(=O)N2C(C(=O)OCc3ccc([N+](=O)[O-])cc3)=C(c3cc(CO)c4c(c3)-c3ccccc3C4=O)C[C@H]12. The van der Waals surface area contributed by atoms with E-state index in [2.05, 4.69) is 20.8 Å². The molecule has 244 valence electrons. The van der Waals surface area contributed by atoms with E-state index in [1.54, 1.807) is 18.2 Å². The Morgan fingerprint density at radius 1 is 1.02 bits per heavy atom. The number of hydrogen-bond acceptors (Lipinski definition) is 8. The van der Waals surface area contributed by atoms with Crippen molar-refractivity contribution in [1.29, 1.82) is 0 Å². The van der Waals surface area contributed by atoms with Crippen LogP contribution in [0.4, 0.5) is 5.69 Å². The zero-order chi connectivity index (χ0) is 33.6. The van der Waals surface area contributed by atoms with Crippen molar-refractivity contribution in [3.8, 4) is 11.1 Å². The number of aliphatic hydroxyl groups is 1. The number of carbonyl (C=O) groups is 3. The van der Waals surface area contributed by atoms with Crippen LogP contribution in [-0.4, -0.2) is 53.1 Å². The van der Waals surface area contributed by atoms with E-state index in [1.165, 1.54) is 29.2 Å². The largest absolute Gasteiger partial charge is 0.456 e. The van der Waals surface area contributed by atoms with E-state index in [0.717, 1.165) is 23.7 Å². The van der Waals surface area contributed by atoms with E-state index in [4.69, 9.17) is 9.16 Å². The van der Waals surface area contributed by atoms with Crippen LogP contribution in [-0.2, 0) is 32.0 Å². The molecule has 3 aromatic rings. The Morgan fingerprint density at radius 3 is 2.30 bits per heavy atom. The summed E-state index contributed by atoms with van der Waals surface area (Å²) in [6, 6.07) is 19.1. The first-order chi connectivity index (χ1) is 22.6. The zero-order valence-electron chi connectivity index (χ0n) is 26.9. The highest BCUT2D eigenvalue weighted by molar-refractivity contribution is 6.73. The Bertz CT molecular complexity index is 1810. The van der Waals surface area contributed by atoms with Crippen LogP contribution in [0.2, 0.25) is 18.1 Å². The smallest absolute Gasteiger partial charge is 0.355 e. The summed E-state index contributed by atoms with van der Waals surface area (Å²) >= 11 is 0. The molecule has 1 fully saturated rings. The van der Waals surface area contributed by atoms with Crippen molar-refractivity contribution in [2.45, 2.75) is 77.6 Å². The summed E-state index contributed by atoms with van der Waals surface area (Å²) in [6.45, 7) is 7.87. The van der Waals surface area contributed by atoms with Gasteiger partial charge in [-0.05, 0) is 89.1 Å². The predicted octanol–water partition coefficient (Wildman–Crippen LogP) is 6.39. The molecule has 1 N–H and O–H groups in total. The number of rotatable bonds is 12. The molecule has 1 saturated heterocycles. The van der Waals surface area contributed by atoms with E-state index >= 15 is 0 Å². The van der Waals surface area contributed by atoms with Crippen LogP contribution < -0.4 is 0 Å². The minimum absolute atomic E-state index is 0.0742. The first-order valence-electron chi connectivity index (χ1n) is 16.1. The molecule has 0 radical (unpaired) electrons. The van der Waals surface area contributed by atoms with Gasteiger partial charge in [0.1, 0.15) is 12.3 Å². The van der Waals surface area contributed by atoms with Gasteiger partial charge in [0.05, 0.1) is 29.6 Å². The molecule has 3 aromatic carbocycles. The van der Waals surface area contributed by atoms with Crippen molar-refractivity contribution in [3.63, 3.8) is 0 Å². The van der Waals surface area contributed by atoms with Gasteiger partial charge in [-0.15, -0.1) is 0 Å². The van der Waals surface area contributed by atoms with Gasteiger partial charge in [0, 0.05) is 23.3 Å². The number of hydrogen-bond donors (Lipinski definition) is 1. The van der Waals surface area contributed by atoms with Gasteiger partial charge < -0.3 is 19.2 Å². The first kappa shape index (κ1) is 32.5. The fourth-order valence-electron chi connectivity index (χ4n) is 7.43. The number of carbonyl (C=O) groups excluding carboxylic acids is 3. The average molecular weight is 655 g/mol. The fraction of sp³-hybridized carbons (Fsp3) is 0.361.